The number of carbonyl (C=O) groups is 1. The molecule has 0 N–H and O–H groups in total. The summed E-state index contributed by atoms with van der Waals surface area (Å²) < 4.78 is 9.42. The van der Waals surface area contributed by atoms with E-state index in [0.29, 0.717) is 16.8 Å². The summed E-state index contributed by atoms with van der Waals surface area (Å²) in [6, 6.07) is 2.94. The van der Waals surface area contributed by atoms with Gasteiger partial charge in [-0.3, -0.25) is 9.42 Å². The normalized spacial score (nSPS) is 10.5. The first-order valence-corrected chi connectivity index (χ1v) is 4.22. The second kappa shape index (κ2) is 3.23. The number of nitrogens with zero attached hydrogens (tertiary/aromatic N) is 2. The van der Waals surface area contributed by atoms with Gasteiger partial charge in [0.15, 0.2) is 11.5 Å². The Bertz CT molecular complexity index is 532. The Hall–Kier alpha value is -2.11. The third-order valence-electron chi connectivity index (χ3n) is 2.08. The molecule has 6 nitrogen and oxygen atoms in total. The van der Waals surface area contributed by atoms with Gasteiger partial charge in [-0.15, -0.1) is 0 Å². The second-order valence-electron chi connectivity index (χ2n) is 3.03. The van der Waals surface area contributed by atoms with Crippen LogP contribution in [0.25, 0.3) is 11.0 Å². The lowest BCUT2D eigenvalue weighted by Crippen LogP contribution is -2.22. The van der Waals surface area contributed by atoms with E-state index in [9.17, 15) is 10.0 Å². The fraction of sp³-hybridized carbons (Fsp3) is 0.222. The molecule has 0 spiro atoms. The topological polar surface area (TPSA) is 79.3 Å². The van der Waals surface area contributed by atoms with Crippen molar-refractivity contribution in [2.24, 2.45) is 0 Å². The molecule has 0 aliphatic rings. The van der Waals surface area contributed by atoms with Crippen molar-refractivity contribution in [2.75, 3.05) is 7.11 Å². The standard InChI is InChI=1S/C9H8N2O4/c1-5(12)6-3-7-9(8(4-6)14-2)10-15-11(7)13/h3-4H,1-2H3. The Morgan fingerprint density at radius 2 is 2.33 bits per heavy atom. The van der Waals surface area contributed by atoms with Crippen LogP contribution in [0.2, 0.25) is 0 Å². The second-order valence-corrected chi connectivity index (χ2v) is 3.03. The highest BCUT2D eigenvalue weighted by Crippen LogP contribution is 2.23. The minimum Gasteiger partial charge on any atom is -0.492 e. The molecule has 15 heavy (non-hydrogen) atoms. The summed E-state index contributed by atoms with van der Waals surface area (Å²) in [5, 5.41) is 14.7. The van der Waals surface area contributed by atoms with Crippen molar-refractivity contribution in [3.63, 3.8) is 0 Å². The smallest absolute Gasteiger partial charge is 0.290 e. The van der Waals surface area contributed by atoms with Crippen molar-refractivity contribution in [1.82, 2.24) is 5.16 Å². The Morgan fingerprint density at radius 1 is 1.60 bits per heavy atom. The quantitative estimate of drug-likeness (QED) is 0.535. The minimum absolute atomic E-state index is 0.156. The maximum atomic E-state index is 11.2. The van der Waals surface area contributed by atoms with E-state index in [1.165, 1.54) is 26.2 Å². The Kier molecular flexibility index (Phi) is 2.03. The highest BCUT2D eigenvalue weighted by atomic mass is 16.8. The van der Waals surface area contributed by atoms with Gasteiger partial charge in [0.2, 0.25) is 5.52 Å². The van der Waals surface area contributed by atoms with Gasteiger partial charge in [-0.2, -0.15) is 0 Å². The Morgan fingerprint density at radius 3 is 2.93 bits per heavy atom. The maximum Gasteiger partial charge on any atom is 0.290 e. The third kappa shape index (κ3) is 1.39. The first kappa shape index (κ1) is 9.45. The summed E-state index contributed by atoms with van der Waals surface area (Å²) in [5.41, 5.74) is 0.865. The highest BCUT2D eigenvalue weighted by Gasteiger charge is 2.18. The van der Waals surface area contributed by atoms with E-state index >= 15 is 0 Å². The predicted molar refractivity (Wildman–Crippen MR) is 49.5 cm³/mol. The summed E-state index contributed by atoms with van der Waals surface area (Å²) in [6.07, 6.45) is 0. The summed E-state index contributed by atoms with van der Waals surface area (Å²) in [7, 11) is 1.43. The number of Topliss-reactive ketones (excluding diaryl/α,β-unsaturated/α-hetero) is 1. The average Bonchev–Trinajstić information content (AvgIpc) is 2.59. The lowest BCUT2D eigenvalue weighted by atomic mass is 10.1. The molecule has 0 aliphatic carbocycles. The SMILES string of the molecule is COc1cc(C(C)=O)cc2c1no[n+]2[O-]. The van der Waals surface area contributed by atoms with Crippen LogP contribution in [0.3, 0.4) is 0 Å². The van der Waals surface area contributed by atoms with Crippen LogP contribution in [0, 0.1) is 5.21 Å². The summed E-state index contributed by atoms with van der Waals surface area (Å²) in [5.74, 6) is 0.187. The number of methoxy groups -OCH3 is 1. The molecule has 2 aromatic rings. The van der Waals surface area contributed by atoms with Crippen LogP contribution >= 0.6 is 0 Å². The zero-order valence-electron chi connectivity index (χ0n) is 8.18. The van der Waals surface area contributed by atoms with Crippen molar-refractivity contribution in [3.8, 4) is 5.75 Å². The molecule has 0 unspecified atom stereocenters. The van der Waals surface area contributed by atoms with Gasteiger partial charge >= 0.3 is 0 Å². The number of carbonyl (C=O) groups excluding carboxylic acids is 1. The lowest BCUT2D eigenvalue weighted by molar-refractivity contribution is -0.782. The van der Waals surface area contributed by atoms with E-state index in [1.807, 2.05) is 0 Å². The van der Waals surface area contributed by atoms with E-state index < -0.39 is 0 Å². The molecule has 1 aromatic heterocycles. The molecule has 0 saturated carbocycles. The number of hydrogen-bond acceptors (Lipinski definition) is 5. The van der Waals surface area contributed by atoms with Crippen LogP contribution in [-0.4, -0.2) is 18.0 Å². The number of ketones is 1. The van der Waals surface area contributed by atoms with Crippen molar-refractivity contribution >= 4 is 16.8 Å². The number of rotatable bonds is 2. The molecule has 0 bridgehead atoms. The van der Waals surface area contributed by atoms with Gasteiger partial charge in [-0.25, -0.2) is 0 Å². The lowest BCUT2D eigenvalue weighted by Gasteiger charge is -1.99. The number of ether oxygens (including phenoxy) is 1. The molecule has 0 fully saturated rings. The molecular weight excluding hydrogens is 200 g/mol. The largest absolute Gasteiger partial charge is 0.492 e. The van der Waals surface area contributed by atoms with Crippen molar-refractivity contribution in [3.05, 3.63) is 22.9 Å². The highest BCUT2D eigenvalue weighted by molar-refractivity contribution is 5.98. The monoisotopic (exact) mass is 208 g/mol. The molecule has 0 saturated heterocycles. The van der Waals surface area contributed by atoms with Crippen LogP contribution < -0.4 is 9.64 Å². The van der Waals surface area contributed by atoms with Crippen molar-refractivity contribution < 1.29 is 19.1 Å². The van der Waals surface area contributed by atoms with Gasteiger partial charge in [0.1, 0.15) is 0 Å². The van der Waals surface area contributed by atoms with Gasteiger partial charge in [0, 0.05) is 11.6 Å². The minimum atomic E-state index is -0.156. The molecule has 2 rings (SSSR count). The summed E-state index contributed by atoms with van der Waals surface area (Å²) >= 11 is 0. The van der Waals surface area contributed by atoms with E-state index in [1.54, 1.807) is 0 Å². The van der Waals surface area contributed by atoms with Crippen LogP contribution in [0.5, 0.6) is 5.75 Å². The van der Waals surface area contributed by atoms with E-state index in [0.717, 1.165) is 0 Å². The first-order chi connectivity index (χ1) is 7.13. The Labute approximate surface area is 84.6 Å². The third-order valence-corrected chi connectivity index (χ3v) is 2.08. The van der Waals surface area contributed by atoms with Crippen LogP contribution in [0.15, 0.2) is 16.8 Å². The number of hydrogen-bond donors (Lipinski definition) is 0. The van der Waals surface area contributed by atoms with Gasteiger partial charge in [-0.05, 0) is 17.9 Å². The molecule has 0 aliphatic heterocycles. The molecule has 1 aromatic carbocycles. The number of fused-ring (bicyclic) bond motifs is 1. The van der Waals surface area contributed by atoms with Crippen LogP contribution in [-0.2, 0) is 0 Å². The van der Waals surface area contributed by atoms with Crippen molar-refractivity contribution in [1.29, 1.82) is 0 Å². The molecule has 6 heteroatoms. The average molecular weight is 208 g/mol. The Balaban J connectivity index is 2.79. The van der Waals surface area contributed by atoms with Gasteiger partial charge in [0.05, 0.1) is 12.3 Å². The molecule has 1 heterocycles. The van der Waals surface area contributed by atoms with Crippen LogP contribution in [0.1, 0.15) is 17.3 Å². The van der Waals surface area contributed by atoms with E-state index in [-0.39, 0.29) is 16.2 Å². The predicted octanol–water partition coefficient (Wildman–Crippen LogP) is 0.672. The van der Waals surface area contributed by atoms with E-state index in [4.69, 9.17) is 4.74 Å². The zero-order chi connectivity index (χ0) is 11.0. The number of benzene rings is 1. The van der Waals surface area contributed by atoms with Crippen LogP contribution in [0.4, 0.5) is 0 Å². The fourth-order valence-electron chi connectivity index (χ4n) is 1.30. The molecular formula is C9H8N2O4. The van der Waals surface area contributed by atoms with Crippen molar-refractivity contribution in [2.45, 2.75) is 6.92 Å². The molecule has 78 valence electrons. The van der Waals surface area contributed by atoms with Gasteiger partial charge < -0.3 is 9.94 Å². The first-order valence-electron chi connectivity index (χ1n) is 4.22. The molecule has 0 atom stereocenters. The zero-order valence-corrected chi connectivity index (χ0v) is 8.18. The molecule has 0 amide bonds. The van der Waals surface area contributed by atoms with E-state index in [2.05, 4.69) is 9.79 Å². The van der Waals surface area contributed by atoms with Gasteiger partial charge in [0.25, 0.3) is 5.52 Å². The maximum absolute atomic E-state index is 11.2. The van der Waals surface area contributed by atoms with Gasteiger partial charge in [-0.1, -0.05) is 0 Å². The number of aromatic nitrogens is 2. The fourth-order valence-corrected chi connectivity index (χ4v) is 1.30. The molecule has 0 radical (unpaired) electrons. The summed E-state index contributed by atoms with van der Waals surface area (Å²) in [4.78, 5) is 11.4. The summed E-state index contributed by atoms with van der Waals surface area (Å²) in [6.45, 7) is 1.41.